The summed E-state index contributed by atoms with van der Waals surface area (Å²) < 4.78 is 10.8. The van der Waals surface area contributed by atoms with Crippen molar-refractivity contribution in [3.05, 3.63) is 36.1 Å². The second-order valence-electron chi connectivity index (χ2n) is 6.44. The maximum Gasteiger partial charge on any atom is 0.375 e. The van der Waals surface area contributed by atoms with Crippen LogP contribution in [0.1, 0.15) is 49.6 Å². The Hall–Kier alpha value is -2.30. The molecular formula is C19H23NO4. The van der Waals surface area contributed by atoms with Crippen LogP contribution in [-0.4, -0.2) is 36.0 Å². The lowest BCUT2D eigenvalue weighted by Crippen LogP contribution is -2.44. The van der Waals surface area contributed by atoms with Crippen molar-refractivity contribution < 1.29 is 18.7 Å². The summed E-state index contributed by atoms with van der Waals surface area (Å²) in [4.78, 5) is 26.5. The van der Waals surface area contributed by atoms with Crippen LogP contribution in [0.15, 0.2) is 34.7 Å². The number of nitrogens with zero attached hydrogens (tertiary/aromatic N) is 1. The Bertz CT molecular complexity index is 697. The predicted molar refractivity (Wildman–Crippen MR) is 90.7 cm³/mol. The Morgan fingerprint density at radius 1 is 1.21 bits per heavy atom. The highest BCUT2D eigenvalue weighted by Gasteiger charge is 2.28. The SMILES string of the molecule is C[C@H](OC(=O)c1cc2ccccc2o1)C(=O)N(C)C1CCCCC1. The number of para-hydroxylation sites is 1. The molecule has 0 unspecified atom stereocenters. The van der Waals surface area contributed by atoms with Gasteiger partial charge in [0.25, 0.3) is 5.91 Å². The van der Waals surface area contributed by atoms with E-state index < -0.39 is 12.1 Å². The maximum atomic E-state index is 12.5. The molecule has 1 aliphatic carbocycles. The molecule has 0 bridgehead atoms. The first-order valence-corrected chi connectivity index (χ1v) is 8.52. The van der Waals surface area contributed by atoms with E-state index in [1.807, 2.05) is 18.2 Å². The number of esters is 1. The standard InChI is InChI=1S/C19H23NO4/c1-13(18(21)20(2)15-9-4-3-5-10-15)23-19(22)17-12-14-8-6-7-11-16(14)24-17/h6-8,11-13,15H,3-5,9-10H2,1-2H3/t13-/m0/s1. The third-order valence-corrected chi connectivity index (χ3v) is 4.73. The highest BCUT2D eigenvalue weighted by molar-refractivity contribution is 5.94. The summed E-state index contributed by atoms with van der Waals surface area (Å²) in [6, 6.07) is 9.25. The van der Waals surface area contributed by atoms with Gasteiger partial charge in [-0.15, -0.1) is 0 Å². The molecule has 1 aromatic heterocycles. The molecule has 1 fully saturated rings. The molecule has 0 N–H and O–H groups in total. The van der Waals surface area contributed by atoms with E-state index in [4.69, 9.17) is 9.15 Å². The molecule has 1 aromatic carbocycles. The number of likely N-dealkylation sites (N-methyl/N-ethyl adjacent to an activating group) is 1. The average Bonchev–Trinajstić information content (AvgIpc) is 3.05. The van der Waals surface area contributed by atoms with Gasteiger partial charge >= 0.3 is 5.97 Å². The average molecular weight is 329 g/mol. The van der Waals surface area contributed by atoms with Gasteiger partial charge in [-0.05, 0) is 31.9 Å². The van der Waals surface area contributed by atoms with Crippen LogP contribution in [0.5, 0.6) is 0 Å². The van der Waals surface area contributed by atoms with Crippen molar-refractivity contribution in [2.24, 2.45) is 0 Å². The van der Waals surface area contributed by atoms with E-state index in [1.54, 1.807) is 31.0 Å². The number of benzene rings is 1. The molecule has 0 spiro atoms. The minimum Gasteiger partial charge on any atom is -0.449 e. The summed E-state index contributed by atoms with van der Waals surface area (Å²) in [6.45, 7) is 1.61. The van der Waals surface area contributed by atoms with Crippen LogP contribution >= 0.6 is 0 Å². The van der Waals surface area contributed by atoms with E-state index in [-0.39, 0.29) is 17.7 Å². The lowest BCUT2D eigenvalue weighted by atomic mass is 9.94. The fraction of sp³-hybridized carbons (Fsp3) is 0.474. The second kappa shape index (κ2) is 7.07. The fourth-order valence-corrected chi connectivity index (χ4v) is 3.29. The molecule has 3 rings (SSSR count). The summed E-state index contributed by atoms with van der Waals surface area (Å²) in [5.41, 5.74) is 0.628. The highest BCUT2D eigenvalue weighted by atomic mass is 16.6. The van der Waals surface area contributed by atoms with Gasteiger partial charge in [0.1, 0.15) is 5.58 Å². The Morgan fingerprint density at radius 3 is 2.62 bits per heavy atom. The second-order valence-corrected chi connectivity index (χ2v) is 6.44. The molecule has 5 heteroatoms. The zero-order valence-corrected chi connectivity index (χ0v) is 14.2. The molecule has 0 radical (unpaired) electrons. The number of carbonyl (C=O) groups is 2. The van der Waals surface area contributed by atoms with E-state index in [0.717, 1.165) is 31.1 Å². The largest absolute Gasteiger partial charge is 0.449 e. The van der Waals surface area contributed by atoms with Gasteiger partial charge in [-0.2, -0.15) is 0 Å². The molecule has 128 valence electrons. The van der Waals surface area contributed by atoms with Crippen LogP contribution in [0.25, 0.3) is 11.0 Å². The number of fused-ring (bicyclic) bond motifs is 1. The van der Waals surface area contributed by atoms with Crippen LogP contribution in [-0.2, 0) is 9.53 Å². The van der Waals surface area contributed by atoms with Crippen LogP contribution in [0, 0.1) is 0 Å². The molecular weight excluding hydrogens is 306 g/mol. The van der Waals surface area contributed by atoms with Gasteiger partial charge in [0, 0.05) is 18.5 Å². The molecule has 2 aromatic rings. The summed E-state index contributed by atoms with van der Waals surface area (Å²) in [5.74, 6) is -0.647. The van der Waals surface area contributed by atoms with Crippen molar-refractivity contribution in [2.75, 3.05) is 7.05 Å². The van der Waals surface area contributed by atoms with Gasteiger partial charge in [0.2, 0.25) is 5.76 Å². The number of carbonyl (C=O) groups excluding carboxylic acids is 2. The predicted octanol–water partition coefficient (Wildman–Crippen LogP) is 3.77. The number of rotatable bonds is 4. The van der Waals surface area contributed by atoms with Crippen molar-refractivity contribution in [3.8, 4) is 0 Å². The van der Waals surface area contributed by atoms with Gasteiger partial charge in [-0.1, -0.05) is 37.5 Å². The van der Waals surface area contributed by atoms with E-state index in [0.29, 0.717) is 5.58 Å². The number of hydrogen-bond donors (Lipinski definition) is 0. The lowest BCUT2D eigenvalue weighted by molar-refractivity contribution is -0.141. The van der Waals surface area contributed by atoms with Crippen LogP contribution in [0.4, 0.5) is 0 Å². The third-order valence-electron chi connectivity index (χ3n) is 4.73. The summed E-state index contributed by atoms with van der Waals surface area (Å²) in [7, 11) is 1.80. The smallest absolute Gasteiger partial charge is 0.375 e. The number of ether oxygens (including phenoxy) is 1. The fourth-order valence-electron chi connectivity index (χ4n) is 3.29. The Labute approximate surface area is 141 Å². The molecule has 0 aliphatic heterocycles. The molecule has 5 nitrogen and oxygen atoms in total. The van der Waals surface area contributed by atoms with Crippen LogP contribution < -0.4 is 0 Å². The van der Waals surface area contributed by atoms with Crippen molar-refractivity contribution in [1.82, 2.24) is 4.90 Å². The van der Waals surface area contributed by atoms with E-state index in [9.17, 15) is 9.59 Å². The van der Waals surface area contributed by atoms with E-state index in [1.165, 1.54) is 6.42 Å². The van der Waals surface area contributed by atoms with E-state index >= 15 is 0 Å². The molecule has 1 heterocycles. The Morgan fingerprint density at radius 2 is 1.92 bits per heavy atom. The van der Waals surface area contributed by atoms with Crippen molar-refractivity contribution in [1.29, 1.82) is 0 Å². The highest BCUT2D eigenvalue weighted by Crippen LogP contribution is 2.23. The first-order valence-electron chi connectivity index (χ1n) is 8.52. The van der Waals surface area contributed by atoms with Gasteiger partial charge in [-0.3, -0.25) is 4.79 Å². The van der Waals surface area contributed by atoms with E-state index in [2.05, 4.69) is 0 Å². The van der Waals surface area contributed by atoms with Crippen molar-refractivity contribution >= 4 is 22.8 Å². The lowest BCUT2D eigenvalue weighted by Gasteiger charge is -2.32. The van der Waals surface area contributed by atoms with Gasteiger partial charge in [-0.25, -0.2) is 4.79 Å². The molecule has 1 amide bonds. The summed E-state index contributed by atoms with van der Waals surface area (Å²) >= 11 is 0. The van der Waals surface area contributed by atoms with Crippen molar-refractivity contribution in [2.45, 2.75) is 51.2 Å². The topological polar surface area (TPSA) is 59.8 Å². The normalized spacial score (nSPS) is 16.8. The van der Waals surface area contributed by atoms with Crippen LogP contribution in [0.3, 0.4) is 0 Å². The first-order chi connectivity index (χ1) is 11.6. The third kappa shape index (κ3) is 3.45. The number of amides is 1. The summed E-state index contributed by atoms with van der Waals surface area (Å²) in [6.07, 6.45) is 4.75. The minimum absolute atomic E-state index is 0.121. The molecule has 0 saturated heterocycles. The molecule has 24 heavy (non-hydrogen) atoms. The van der Waals surface area contributed by atoms with Gasteiger partial charge < -0.3 is 14.1 Å². The monoisotopic (exact) mass is 329 g/mol. The molecule has 1 atom stereocenters. The maximum absolute atomic E-state index is 12.5. The van der Waals surface area contributed by atoms with Gasteiger partial charge in [0.05, 0.1) is 0 Å². The van der Waals surface area contributed by atoms with Crippen molar-refractivity contribution in [3.63, 3.8) is 0 Å². The minimum atomic E-state index is -0.822. The zero-order valence-electron chi connectivity index (χ0n) is 14.2. The first kappa shape index (κ1) is 16.6. The Balaban J connectivity index is 1.63. The molecule has 1 saturated carbocycles. The number of furan rings is 1. The quantitative estimate of drug-likeness (QED) is 0.801. The number of hydrogen-bond acceptors (Lipinski definition) is 4. The molecule has 1 aliphatic rings. The Kier molecular flexibility index (Phi) is 4.88. The van der Waals surface area contributed by atoms with Crippen LogP contribution in [0.2, 0.25) is 0 Å². The summed E-state index contributed by atoms with van der Waals surface area (Å²) in [5, 5.41) is 0.836. The zero-order chi connectivity index (χ0) is 17.1. The van der Waals surface area contributed by atoms with Gasteiger partial charge in [0.15, 0.2) is 6.10 Å².